The maximum Gasteiger partial charge on any atom is 0.319 e. The van der Waals surface area contributed by atoms with Gasteiger partial charge in [-0.05, 0) is 125 Å². The zero-order chi connectivity index (χ0) is 41.0. The summed E-state index contributed by atoms with van der Waals surface area (Å²) in [5.74, 6) is 1.31. The number of hydrogen-bond donors (Lipinski definition) is 4. The largest absolute Gasteiger partial charge is 0.337 e. The molecule has 4 heterocycles. The average Bonchev–Trinajstić information content (AvgIpc) is 3.25. The Kier molecular flexibility index (Phi) is 14.2. The molecule has 8 rings (SSSR count). The van der Waals surface area contributed by atoms with Crippen LogP contribution < -0.4 is 21.3 Å². The molecule has 59 heavy (non-hydrogen) atoms. The van der Waals surface area contributed by atoms with E-state index in [0.717, 1.165) is 83.8 Å². The molecule has 10 nitrogen and oxygen atoms in total. The maximum absolute atomic E-state index is 12.4. The number of pyridine rings is 2. The predicted molar refractivity (Wildman–Crippen MR) is 241 cm³/mol. The number of anilines is 2. The number of aromatic nitrogens is 2. The van der Waals surface area contributed by atoms with Crippen molar-refractivity contribution >= 4 is 45.2 Å². The van der Waals surface area contributed by atoms with E-state index in [4.69, 9.17) is 0 Å². The van der Waals surface area contributed by atoms with Gasteiger partial charge in [0, 0.05) is 48.3 Å². The van der Waals surface area contributed by atoms with Gasteiger partial charge >= 0.3 is 12.1 Å². The van der Waals surface area contributed by atoms with Crippen molar-refractivity contribution in [2.75, 3.05) is 63.0 Å². The first-order chi connectivity index (χ1) is 28.8. The van der Waals surface area contributed by atoms with E-state index in [1.807, 2.05) is 74.5 Å². The Labute approximate surface area is 348 Å². The summed E-state index contributed by atoms with van der Waals surface area (Å²) in [4.78, 5) is 38.7. The molecule has 0 saturated carbocycles. The Morgan fingerprint density at radius 2 is 1.00 bits per heavy atom. The van der Waals surface area contributed by atoms with Crippen molar-refractivity contribution < 1.29 is 9.59 Å². The zero-order valence-electron chi connectivity index (χ0n) is 34.7. The molecule has 0 spiro atoms. The number of nitrogens with one attached hydrogen (secondary N) is 4. The molecular formula is C49H58N8O2. The number of hydrogen-bond acceptors (Lipinski definition) is 6. The van der Waals surface area contributed by atoms with Crippen molar-refractivity contribution in [2.24, 2.45) is 0 Å². The number of aryl methyl sites for hydroxylation is 3. The van der Waals surface area contributed by atoms with Crippen LogP contribution >= 0.6 is 0 Å². The lowest BCUT2D eigenvalue weighted by molar-refractivity contribution is 0.211. The number of piperidine rings is 2. The molecule has 2 aliphatic heterocycles. The van der Waals surface area contributed by atoms with Crippen LogP contribution in [0, 0.1) is 20.8 Å². The number of carbonyl (C=O) groups is 2. The second kappa shape index (κ2) is 20.2. The van der Waals surface area contributed by atoms with E-state index < -0.39 is 0 Å². The van der Waals surface area contributed by atoms with Crippen molar-refractivity contribution in [3.63, 3.8) is 0 Å². The fourth-order valence-corrected chi connectivity index (χ4v) is 8.54. The van der Waals surface area contributed by atoms with Gasteiger partial charge in [0.05, 0.1) is 22.4 Å². The molecule has 0 radical (unpaired) electrons. The maximum atomic E-state index is 12.4. The van der Waals surface area contributed by atoms with Crippen LogP contribution in [0.4, 0.5) is 21.0 Å². The highest BCUT2D eigenvalue weighted by Gasteiger charge is 2.22. The van der Waals surface area contributed by atoms with Crippen LogP contribution in [-0.2, 0) is 0 Å². The molecule has 2 fully saturated rings. The van der Waals surface area contributed by atoms with Gasteiger partial charge in [-0.25, -0.2) is 9.59 Å². The fraction of sp³-hybridized carbons (Fsp3) is 0.347. The first-order valence-corrected chi connectivity index (χ1v) is 21.2. The minimum atomic E-state index is -0.167. The third-order valence-electron chi connectivity index (χ3n) is 11.7. The Bertz CT molecular complexity index is 2320. The van der Waals surface area contributed by atoms with E-state index in [-0.39, 0.29) is 12.1 Å². The van der Waals surface area contributed by atoms with Gasteiger partial charge < -0.3 is 31.1 Å². The number of fused-ring (bicyclic) bond motifs is 2. The number of amides is 4. The van der Waals surface area contributed by atoms with E-state index in [1.54, 1.807) is 0 Å². The minimum absolute atomic E-state index is 0.166. The number of likely N-dealkylation sites (tertiary alicyclic amines) is 2. The van der Waals surface area contributed by atoms with Gasteiger partial charge in [0.2, 0.25) is 0 Å². The SMILES string of the molecule is Cc1cc(NC(=O)NCCN2CCC(c3ccccc3)CC2)c2ccccc2n1.Cc1cc(NC(=O)NCCN2CCC(c3ccccc3C)CC2)c2ccccc2n1. The number of rotatable bonds is 10. The molecule has 2 aliphatic rings. The van der Waals surface area contributed by atoms with Gasteiger partial charge in [0.1, 0.15) is 0 Å². The second-order valence-electron chi connectivity index (χ2n) is 15.9. The Balaban J connectivity index is 0.000000179. The Morgan fingerprint density at radius 1 is 0.559 bits per heavy atom. The number of para-hydroxylation sites is 2. The van der Waals surface area contributed by atoms with E-state index in [9.17, 15) is 9.59 Å². The number of urea groups is 2. The normalized spacial score (nSPS) is 15.3. The standard InChI is InChI=1S/C25H30N4O.C24H28N4O/c1-18-7-3-4-8-21(18)20-11-14-29(15-12-20)16-13-26-25(30)28-24-17-19(2)27-23-10-6-5-9-22(23)24;1-18-17-23(21-9-5-6-10-22(21)26-18)27-24(29)25-13-16-28-14-11-20(12-15-28)19-7-3-2-4-8-19/h3-10,17,20H,11-16H2,1-2H3,(H2,26,27,28,30);2-10,17,20H,11-16H2,1H3,(H2,25,26,27,29). The van der Waals surface area contributed by atoms with Gasteiger partial charge in [-0.15, -0.1) is 0 Å². The summed E-state index contributed by atoms with van der Waals surface area (Å²) in [5.41, 5.74) is 9.50. The minimum Gasteiger partial charge on any atom is -0.337 e. The zero-order valence-corrected chi connectivity index (χ0v) is 34.7. The monoisotopic (exact) mass is 790 g/mol. The van der Waals surface area contributed by atoms with Gasteiger partial charge in [0.25, 0.3) is 0 Å². The summed E-state index contributed by atoms with van der Waals surface area (Å²) >= 11 is 0. The molecule has 4 aromatic carbocycles. The molecule has 2 aromatic heterocycles. The lowest BCUT2D eigenvalue weighted by Gasteiger charge is -2.32. The molecule has 4 N–H and O–H groups in total. The van der Waals surface area contributed by atoms with E-state index in [2.05, 4.69) is 103 Å². The van der Waals surface area contributed by atoms with E-state index in [1.165, 1.54) is 42.4 Å². The van der Waals surface area contributed by atoms with Crippen LogP contribution in [0.1, 0.15) is 65.6 Å². The molecule has 4 amide bonds. The van der Waals surface area contributed by atoms with Gasteiger partial charge in [0.15, 0.2) is 0 Å². The van der Waals surface area contributed by atoms with Crippen molar-refractivity contribution in [3.05, 3.63) is 143 Å². The Hall–Kier alpha value is -5.84. The molecule has 0 atom stereocenters. The summed E-state index contributed by atoms with van der Waals surface area (Å²) in [6.45, 7) is 13.4. The van der Waals surface area contributed by atoms with Crippen LogP contribution in [0.25, 0.3) is 21.8 Å². The topological polar surface area (TPSA) is 115 Å². The van der Waals surface area contributed by atoms with E-state index in [0.29, 0.717) is 24.9 Å². The van der Waals surface area contributed by atoms with Crippen LogP contribution in [-0.4, -0.2) is 84.2 Å². The first kappa shape index (κ1) is 41.3. The van der Waals surface area contributed by atoms with Crippen LogP contribution in [0.2, 0.25) is 0 Å². The van der Waals surface area contributed by atoms with Crippen molar-refractivity contribution in [1.29, 1.82) is 0 Å². The molecule has 6 aromatic rings. The molecule has 10 heteroatoms. The highest BCUT2D eigenvalue weighted by molar-refractivity contribution is 6.01. The molecule has 0 aliphatic carbocycles. The molecule has 2 saturated heterocycles. The van der Waals surface area contributed by atoms with Gasteiger partial charge in [-0.2, -0.15) is 0 Å². The molecule has 0 unspecified atom stereocenters. The smallest absolute Gasteiger partial charge is 0.319 e. The lowest BCUT2D eigenvalue weighted by atomic mass is 9.87. The third kappa shape index (κ3) is 11.4. The molecule has 0 bridgehead atoms. The summed E-state index contributed by atoms with van der Waals surface area (Å²) in [6, 6.07) is 38.7. The van der Waals surface area contributed by atoms with Crippen LogP contribution in [0.5, 0.6) is 0 Å². The highest BCUT2D eigenvalue weighted by Crippen LogP contribution is 2.30. The first-order valence-electron chi connectivity index (χ1n) is 21.2. The summed E-state index contributed by atoms with van der Waals surface area (Å²) in [7, 11) is 0. The van der Waals surface area contributed by atoms with E-state index >= 15 is 0 Å². The van der Waals surface area contributed by atoms with Crippen molar-refractivity contribution in [1.82, 2.24) is 30.4 Å². The van der Waals surface area contributed by atoms with Crippen LogP contribution in [0.15, 0.2) is 115 Å². The second-order valence-corrected chi connectivity index (χ2v) is 15.9. The predicted octanol–water partition coefficient (Wildman–Crippen LogP) is 9.40. The van der Waals surface area contributed by atoms with Crippen molar-refractivity contribution in [3.8, 4) is 0 Å². The number of benzene rings is 4. The molecule has 306 valence electrons. The summed E-state index contributed by atoms with van der Waals surface area (Å²) < 4.78 is 0. The number of carbonyl (C=O) groups excluding carboxylic acids is 2. The molecular weight excluding hydrogens is 733 g/mol. The number of nitrogens with zero attached hydrogens (tertiary/aromatic N) is 4. The summed E-state index contributed by atoms with van der Waals surface area (Å²) in [5, 5.41) is 13.9. The summed E-state index contributed by atoms with van der Waals surface area (Å²) in [6.07, 6.45) is 4.72. The Morgan fingerprint density at radius 3 is 1.51 bits per heavy atom. The van der Waals surface area contributed by atoms with Gasteiger partial charge in [-0.1, -0.05) is 91.0 Å². The highest BCUT2D eigenvalue weighted by atomic mass is 16.2. The van der Waals surface area contributed by atoms with Crippen molar-refractivity contribution in [2.45, 2.75) is 58.3 Å². The third-order valence-corrected chi connectivity index (χ3v) is 11.7. The average molecular weight is 791 g/mol. The lowest BCUT2D eigenvalue weighted by Crippen LogP contribution is -2.40. The fourth-order valence-electron chi connectivity index (χ4n) is 8.54. The van der Waals surface area contributed by atoms with Crippen LogP contribution in [0.3, 0.4) is 0 Å². The van der Waals surface area contributed by atoms with Gasteiger partial charge in [-0.3, -0.25) is 9.97 Å². The quantitative estimate of drug-likeness (QED) is 0.110.